The van der Waals surface area contributed by atoms with Crippen LogP contribution in [-0.4, -0.2) is 52.9 Å². The first kappa shape index (κ1) is 25.6. The van der Waals surface area contributed by atoms with Crippen molar-refractivity contribution in [2.75, 3.05) is 12.8 Å². The zero-order chi connectivity index (χ0) is 22.7. The number of aliphatic carboxylic acids is 1. The average molecular weight is 444 g/mol. The van der Waals surface area contributed by atoms with Crippen LogP contribution in [-0.2, 0) is 25.5 Å². The van der Waals surface area contributed by atoms with Crippen LogP contribution in [0, 0.1) is 5.92 Å². The summed E-state index contributed by atoms with van der Waals surface area (Å²) in [4.78, 5) is 45.4. The Hall–Kier alpha value is -2.46. The Morgan fingerprint density at radius 3 is 2.33 bits per heavy atom. The van der Waals surface area contributed by atoms with Gasteiger partial charge in [0.15, 0.2) is 0 Å². The lowest BCUT2D eigenvalue weighted by Crippen LogP contribution is -2.52. The van der Waals surface area contributed by atoms with E-state index in [1.807, 2.05) is 6.07 Å². The van der Waals surface area contributed by atoms with Crippen molar-refractivity contribution in [1.29, 1.82) is 0 Å². The van der Waals surface area contributed by atoms with Gasteiger partial charge in [0.2, 0.25) is 5.91 Å². The third kappa shape index (κ3) is 9.84. The van der Waals surface area contributed by atoms with Gasteiger partial charge in [-0.1, -0.05) is 44.2 Å². The Bertz CT molecular complexity index is 760. The summed E-state index contributed by atoms with van der Waals surface area (Å²) in [5.41, 5.74) is 6.07. The number of carbonyl (C=O) groups excluding carboxylic acids is 2. The van der Waals surface area contributed by atoms with Crippen LogP contribution in [0.25, 0.3) is 0 Å². The number of ether oxygens (including phenoxy) is 1. The molecule has 7 N–H and O–H groups in total. The predicted molar refractivity (Wildman–Crippen MR) is 109 cm³/mol. The van der Waals surface area contributed by atoms with Gasteiger partial charge in [0.25, 0.3) is 7.52 Å². The van der Waals surface area contributed by atoms with Crippen molar-refractivity contribution in [2.24, 2.45) is 11.7 Å². The molecule has 0 saturated carbocycles. The molecule has 11 nitrogen and oxygen atoms in total. The number of carbonyl (C=O) groups is 3. The smallest absolute Gasteiger partial charge is 0.407 e. The Kier molecular flexibility index (Phi) is 10.5. The minimum atomic E-state index is -4.19. The molecule has 2 amide bonds. The van der Waals surface area contributed by atoms with Gasteiger partial charge in [0.1, 0.15) is 18.9 Å². The Labute approximate surface area is 174 Å². The number of benzene rings is 1. The maximum atomic E-state index is 12.4. The van der Waals surface area contributed by atoms with Crippen molar-refractivity contribution in [3.8, 4) is 0 Å². The molecule has 1 aromatic carbocycles. The summed E-state index contributed by atoms with van der Waals surface area (Å²) in [6.45, 7) is 3.24. The van der Waals surface area contributed by atoms with Crippen molar-refractivity contribution in [3.63, 3.8) is 0 Å². The third-order valence-electron chi connectivity index (χ3n) is 3.88. The van der Waals surface area contributed by atoms with E-state index in [1.165, 1.54) is 0 Å². The molecule has 0 bridgehead atoms. The topological polar surface area (TPSA) is 180 Å². The molecular formula is C18H29N4O7P. The highest BCUT2D eigenvalue weighted by Gasteiger charge is 2.31. The fourth-order valence-electron chi connectivity index (χ4n) is 2.42. The van der Waals surface area contributed by atoms with Crippen molar-refractivity contribution < 1.29 is 33.7 Å². The first-order chi connectivity index (χ1) is 14.0. The van der Waals surface area contributed by atoms with Crippen molar-refractivity contribution >= 4 is 25.5 Å². The molecule has 12 heteroatoms. The van der Waals surface area contributed by atoms with Gasteiger partial charge in [-0.15, -0.1) is 0 Å². The van der Waals surface area contributed by atoms with Gasteiger partial charge < -0.3 is 31.1 Å². The highest BCUT2D eigenvalue weighted by atomic mass is 31.2. The molecule has 0 aliphatic carbocycles. The maximum Gasteiger partial charge on any atom is 0.407 e. The molecule has 30 heavy (non-hydrogen) atoms. The van der Waals surface area contributed by atoms with E-state index in [4.69, 9.17) is 15.6 Å². The second-order valence-corrected chi connectivity index (χ2v) is 9.02. The van der Waals surface area contributed by atoms with Crippen molar-refractivity contribution in [2.45, 2.75) is 39.0 Å². The van der Waals surface area contributed by atoms with Gasteiger partial charge in [-0.3, -0.25) is 9.36 Å². The van der Waals surface area contributed by atoms with Crippen LogP contribution in [0.4, 0.5) is 4.79 Å². The SMILES string of the molecule is CC(C)C[C@H](NP(=O)(O)CNC(=O)OCc1ccccc1)C(=O)N[C@@H](CN)C(=O)O. The summed E-state index contributed by atoms with van der Waals surface area (Å²) < 4.78 is 17.4. The molecule has 0 aliphatic heterocycles. The van der Waals surface area contributed by atoms with E-state index >= 15 is 0 Å². The molecule has 1 unspecified atom stereocenters. The van der Waals surface area contributed by atoms with Crippen molar-refractivity contribution in [3.05, 3.63) is 35.9 Å². The van der Waals surface area contributed by atoms with Gasteiger partial charge in [0.05, 0.1) is 6.04 Å². The van der Waals surface area contributed by atoms with Gasteiger partial charge in [-0.25, -0.2) is 14.7 Å². The molecule has 0 aliphatic rings. The van der Waals surface area contributed by atoms with Crippen LogP contribution in [0.1, 0.15) is 25.8 Å². The van der Waals surface area contributed by atoms with E-state index in [-0.39, 0.29) is 25.5 Å². The van der Waals surface area contributed by atoms with Crippen LogP contribution >= 0.6 is 7.52 Å². The first-order valence-electron chi connectivity index (χ1n) is 9.31. The van der Waals surface area contributed by atoms with Crippen LogP contribution in [0.2, 0.25) is 0 Å². The molecular weight excluding hydrogens is 415 g/mol. The Morgan fingerprint density at radius 2 is 1.80 bits per heavy atom. The number of carboxylic acid groups (broad SMARTS) is 1. The minimum Gasteiger partial charge on any atom is -0.480 e. The molecule has 0 spiro atoms. The highest BCUT2D eigenvalue weighted by molar-refractivity contribution is 7.55. The number of amides is 2. The van der Waals surface area contributed by atoms with E-state index in [0.29, 0.717) is 0 Å². The standard InChI is InChI=1S/C18H29N4O7P/c1-12(2)8-14(16(23)21-15(9-19)17(24)25)22-30(27,28)11-20-18(26)29-10-13-6-4-3-5-7-13/h3-7,12,14-15H,8-11,19H2,1-2H3,(H,20,26)(H,21,23)(H,24,25)(H2,22,27,28)/t14-,15-/m0/s1. The Morgan fingerprint density at radius 1 is 1.17 bits per heavy atom. The number of rotatable bonds is 12. The molecule has 0 radical (unpaired) electrons. The third-order valence-corrected chi connectivity index (χ3v) is 5.18. The van der Waals surface area contributed by atoms with Crippen molar-refractivity contribution in [1.82, 2.24) is 15.7 Å². The largest absolute Gasteiger partial charge is 0.480 e. The minimum absolute atomic E-state index is 0.0100. The zero-order valence-electron chi connectivity index (χ0n) is 16.9. The summed E-state index contributed by atoms with van der Waals surface area (Å²) in [6, 6.07) is 6.41. The monoisotopic (exact) mass is 444 g/mol. The average Bonchev–Trinajstić information content (AvgIpc) is 2.68. The van der Waals surface area contributed by atoms with E-state index in [1.54, 1.807) is 38.1 Å². The van der Waals surface area contributed by atoms with E-state index in [0.717, 1.165) is 5.56 Å². The van der Waals surface area contributed by atoms with E-state index in [9.17, 15) is 23.8 Å². The molecule has 0 aromatic heterocycles. The molecule has 0 saturated heterocycles. The number of hydrogen-bond acceptors (Lipinski definition) is 6. The zero-order valence-corrected chi connectivity index (χ0v) is 17.8. The molecule has 3 atom stereocenters. The van der Waals surface area contributed by atoms with E-state index < -0.39 is 43.9 Å². The van der Waals surface area contributed by atoms with Gasteiger partial charge >= 0.3 is 12.1 Å². The number of carboxylic acids is 1. The van der Waals surface area contributed by atoms with Gasteiger partial charge in [0, 0.05) is 6.54 Å². The van der Waals surface area contributed by atoms with Crippen LogP contribution < -0.4 is 21.5 Å². The summed E-state index contributed by atoms with van der Waals surface area (Å²) in [5.74, 6) is -2.13. The lowest BCUT2D eigenvalue weighted by molar-refractivity contribution is -0.141. The number of nitrogens with one attached hydrogen (secondary N) is 3. The molecule has 1 rings (SSSR count). The lowest BCUT2D eigenvalue weighted by atomic mass is 10.0. The Balaban J connectivity index is 2.63. The van der Waals surface area contributed by atoms with Crippen LogP contribution in [0.5, 0.6) is 0 Å². The summed E-state index contributed by atoms with van der Waals surface area (Å²) in [6.07, 6.45) is -1.41. The van der Waals surface area contributed by atoms with Gasteiger partial charge in [-0.2, -0.15) is 0 Å². The highest BCUT2D eigenvalue weighted by Crippen LogP contribution is 2.35. The maximum absolute atomic E-state index is 12.4. The van der Waals surface area contributed by atoms with E-state index in [2.05, 4.69) is 15.7 Å². The quantitative estimate of drug-likeness (QED) is 0.251. The number of nitrogens with two attached hydrogens (primary N) is 1. The van der Waals surface area contributed by atoms with Crippen LogP contribution in [0.15, 0.2) is 30.3 Å². The first-order valence-corrected chi connectivity index (χ1v) is 11.2. The second-order valence-electron chi connectivity index (χ2n) is 7.04. The second kappa shape index (κ2) is 12.3. The fourth-order valence-corrected chi connectivity index (χ4v) is 3.56. The molecule has 1 aromatic rings. The predicted octanol–water partition coefficient (Wildman–Crippen LogP) is 0.588. The normalized spacial score (nSPS) is 15.0. The summed E-state index contributed by atoms with van der Waals surface area (Å²) in [5, 5.41) is 15.7. The molecule has 0 heterocycles. The number of hydrogen-bond donors (Lipinski definition) is 6. The van der Waals surface area contributed by atoms with Gasteiger partial charge in [-0.05, 0) is 17.9 Å². The molecule has 0 fully saturated rings. The summed E-state index contributed by atoms with van der Waals surface area (Å²) in [7, 11) is -4.19. The lowest BCUT2D eigenvalue weighted by Gasteiger charge is -2.24. The fraction of sp³-hybridized carbons (Fsp3) is 0.500. The number of alkyl carbamates (subject to hydrolysis) is 1. The molecule has 168 valence electrons. The summed E-state index contributed by atoms with van der Waals surface area (Å²) >= 11 is 0. The van der Waals surface area contributed by atoms with Crippen LogP contribution in [0.3, 0.4) is 0 Å².